The predicted octanol–water partition coefficient (Wildman–Crippen LogP) is 1.82. The summed E-state index contributed by atoms with van der Waals surface area (Å²) in [6, 6.07) is 8.12. The van der Waals surface area contributed by atoms with Crippen molar-refractivity contribution in [3.05, 3.63) is 29.8 Å². The molecule has 1 unspecified atom stereocenters. The van der Waals surface area contributed by atoms with E-state index in [1.165, 1.54) is 0 Å². The van der Waals surface area contributed by atoms with Crippen LogP contribution in [0.4, 0.5) is 5.69 Å². The molecule has 2 aliphatic rings. The number of rotatable bonds is 3. The average Bonchev–Trinajstić information content (AvgIpc) is 2.53. The number of benzene rings is 1. The largest absolute Gasteiger partial charge is 0.337 e. The number of amides is 2. The quantitative estimate of drug-likeness (QED) is 0.884. The second-order valence-corrected chi connectivity index (χ2v) is 6.23. The van der Waals surface area contributed by atoms with Crippen molar-refractivity contribution in [1.29, 1.82) is 0 Å². The van der Waals surface area contributed by atoms with Crippen molar-refractivity contribution in [2.75, 3.05) is 25.0 Å². The van der Waals surface area contributed by atoms with Gasteiger partial charge in [0.05, 0.1) is 0 Å². The van der Waals surface area contributed by atoms with Crippen molar-refractivity contribution in [3.8, 4) is 0 Å². The Bertz CT molecular complexity index is 579. The maximum atomic E-state index is 12.4. The molecule has 0 saturated carbocycles. The van der Waals surface area contributed by atoms with Crippen LogP contribution in [-0.2, 0) is 16.0 Å². The second-order valence-electron chi connectivity index (χ2n) is 6.23. The van der Waals surface area contributed by atoms with Crippen LogP contribution in [-0.4, -0.2) is 42.4 Å². The lowest BCUT2D eigenvalue weighted by molar-refractivity contribution is -0.134. The van der Waals surface area contributed by atoms with Crippen LogP contribution in [0.15, 0.2) is 24.3 Å². The van der Waals surface area contributed by atoms with E-state index in [4.69, 9.17) is 0 Å². The van der Waals surface area contributed by atoms with Crippen LogP contribution in [0.25, 0.3) is 0 Å². The Morgan fingerprint density at radius 3 is 2.91 bits per heavy atom. The standard InChI is InChI=1S/C17H23N3O2.ClH/c1-12-11-18-8-9-20(12)16(21)7-6-14-10-13-4-2-3-5-15(13)19-17(14)22;/h2-5,12,14,18H,6-11H2,1H3,(H,19,22);1H/t12-,14?;/m1./s1. The van der Waals surface area contributed by atoms with Gasteiger partial charge in [-0.1, -0.05) is 18.2 Å². The summed E-state index contributed by atoms with van der Waals surface area (Å²) in [5.41, 5.74) is 2.07. The molecule has 5 nitrogen and oxygen atoms in total. The molecule has 1 fully saturated rings. The molecule has 6 heteroatoms. The van der Waals surface area contributed by atoms with Crippen LogP contribution < -0.4 is 10.6 Å². The first-order chi connectivity index (χ1) is 10.6. The molecule has 1 aromatic carbocycles. The number of carbonyl (C=O) groups is 2. The van der Waals surface area contributed by atoms with Crippen molar-refractivity contribution in [1.82, 2.24) is 10.2 Å². The van der Waals surface area contributed by atoms with E-state index in [0.717, 1.165) is 37.3 Å². The Morgan fingerprint density at radius 2 is 2.13 bits per heavy atom. The van der Waals surface area contributed by atoms with E-state index in [-0.39, 0.29) is 36.2 Å². The van der Waals surface area contributed by atoms with Gasteiger partial charge in [0.15, 0.2) is 0 Å². The number of nitrogens with zero attached hydrogens (tertiary/aromatic N) is 1. The molecule has 2 aliphatic heterocycles. The second kappa shape index (κ2) is 7.79. The monoisotopic (exact) mass is 337 g/mol. The summed E-state index contributed by atoms with van der Waals surface area (Å²) in [5.74, 6) is 0.109. The molecule has 3 rings (SSSR count). The molecule has 0 spiro atoms. The zero-order valence-corrected chi connectivity index (χ0v) is 14.2. The lowest BCUT2D eigenvalue weighted by atomic mass is 9.89. The normalized spacial score (nSPS) is 23.5. The van der Waals surface area contributed by atoms with Crippen molar-refractivity contribution in [2.24, 2.45) is 5.92 Å². The first kappa shape index (κ1) is 17.8. The number of anilines is 1. The first-order valence-corrected chi connectivity index (χ1v) is 8.04. The fourth-order valence-electron chi connectivity index (χ4n) is 3.30. The molecule has 1 saturated heterocycles. The summed E-state index contributed by atoms with van der Waals surface area (Å²) in [7, 11) is 0. The van der Waals surface area contributed by atoms with Crippen molar-refractivity contribution in [2.45, 2.75) is 32.2 Å². The molecule has 23 heavy (non-hydrogen) atoms. The number of para-hydroxylation sites is 1. The molecule has 0 aromatic heterocycles. The summed E-state index contributed by atoms with van der Waals surface area (Å²) in [6.07, 6.45) is 1.80. The maximum absolute atomic E-state index is 12.4. The van der Waals surface area contributed by atoms with Crippen LogP contribution >= 0.6 is 12.4 Å². The van der Waals surface area contributed by atoms with Gasteiger partial charge in [-0.2, -0.15) is 0 Å². The van der Waals surface area contributed by atoms with Crippen LogP contribution in [0.2, 0.25) is 0 Å². The van der Waals surface area contributed by atoms with Gasteiger partial charge in [0.25, 0.3) is 0 Å². The Labute approximate surface area is 143 Å². The third-order valence-corrected chi connectivity index (χ3v) is 4.64. The van der Waals surface area contributed by atoms with Crippen LogP contribution in [0.5, 0.6) is 0 Å². The van der Waals surface area contributed by atoms with Crippen molar-refractivity contribution in [3.63, 3.8) is 0 Å². The Hall–Kier alpha value is -1.59. The molecule has 2 N–H and O–H groups in total. The lowest BCUT2D eigenvalue weighted by Crippen LogP contribution is -2.52. The van der Waals surface area contributed by atoms with Crippen LogP contribution in [0.3, 0.4) is 0 Å². The molecule has 2 amide bonds. The highest BCUT2D eigenvalue weighted by Crippen LogP contribution is 2.27. The maximum Gasteiger partial charge on any atom is 0.227 e. The molecule has 0 radical (unpaired) electrons. The van der Waals surface area contributed by atoms with Gasteiger partial charge in [-0.25, -0.2) is 0 Å². The summed E-state index contributed by atoms with van der Waals surface area (Å²) in [4.78, 5) is 26.5. The molecular formula is C17H24ClN3O2. The van der Waals surface area contributed by atoms with Crippen LogP contribution in [0, 0.1) is 5.92 Å². The summed E-state index contributed by atoms with van der Waals surface area (Å²) in [5, 5.41) is 6.23. The fraction of sp³-hybridized carbons (Fsp3) is 0.529. The molecule has 0 aliphatic carbocycles. The third kappa shape index (κ3) is 4.03. The van der Waals surface area contributed by atoms with Crippen molar-refractivity contribution >= 4 is 29.9 Å². The van der Waals surface area contributed by atoms with Gasteiger partial charge < -0.3 is 15.5 Å². The molecular weight excluding hydrogens is 314 g/mol. The summed E-state index contributed by atoms with van der Waals surface area (Å²) >= 11 is 0. The van der Waals surface area contributed by atoms with Crippen LogP contribution in [0.1, 0.15) is 25.3 Å². The smallest absolute Gasteiger partial charge is 0.227 e. The average molecular weight is 338 g/mol. The highest BCUT2D eigenvalue weighted by molar-refractivity contribution is 5.96. The van der Waals surface area contributed by atoms with Gasteiger partial charge in [-0.05, 0) is 31.4 Å². The minimum Gasteiger partial charge on any atom is -0.337 e. The van der Waals surface area contributed by atoms with E-state index in [1.54, 1.807) is 0 Å². The Kier molecular flexibility index (Phi) is 6.02. The molecule has 2 heterocycles. The highest BCUT2D eigenvalue weighted by Gasteiger charge is 2.28. The lowest BCUT2D eigenvalue weighted by Gasteiger charge is -2.34. The van der Waals surface area contributed by atoms with E-state index >= 15 is 0 Å². The van der Waals surface area contributed by atoms with E-state index < -0.39 is 0 Å². The van der Waals surface area contributed by atoms with E-state index in [0.29, 0.717) is 12.8 Å². The van der Waals surface area contributed by atoms with Gasteiger partial charge >= 0.3 is 0 Å². The molecule has 0 bridgehead atoms. The van der Waals surface area contributed by atoms with E-state index in [1.807, 2.05) is 29.2 Å². The zero-order valence-electron chi connectivity index (χ0n) is 13.4. The molecule has 2 atom stereocenters. The van der Waals surface area contributed by atoms with Gasteiger partial charge in [0.2, 0.25) is 11.8 Å². The Balaban J connectivity index is 0.00000192. The minimum atomic E-state index is -0.0999. The minimum absolute atomic E-state index is 0. The highest BCUT2D eigenvalue weighted by atomic mass is 35.5. The van der Waals surface area contributed by atoms with E-state index in [9.17, 15) is 9.59 Å². The fourth-order valence-corrected chi connectivity index (χ4v) is 3.30. The van der Waals surface area contributed by atoms with Gasteiger partial charge in [0, 0.05) is 43.7 Å². The number of fused-ring (bicyclic) bond motifs is 1. The summed E-state index contributed by atoms with van der Waals surface area (Å²) in [6.45, 7) is 4.53. The predicted molar refractivity (Wildman–Crippen MR) is 92.8 cm³/mol. The van der Waals surface area contributed by atoms with Gasteiger partial charge in [-0.15, -0.1) is 12.4 Å². The molecule has 126 valence electrons. The third-order valence-electron chi connectivity index (χ3n) is 4.64. The number of carbonyl (C=O) groups excluding carboxylic acids is 2. The SMILES string of the molecule is C[C@@H]1CNCCN1C(=O)CCC1Cc2ccccc2NC1=O.Cl. The van der Waals surface area contributed by atoms with E-state index in [2.05, 4.69) is 17.6 Å². The number of piperazine rings is 1. The topological polar surface area (TPSA) is 61.4 Å². The van der Waals surface area contributed by atoms with Gasteiger partial charge in [0.1, 0.15) is 0 Å². The number of hydrogen-bond donors (Lipinski definition) is 2. The number of hydrogen-bond acceptors (Lipinski definition) is 3. The summed E-state index contributed by atoms with van der Waals surface area (Å²) < 4.78 is 0. The van der Waals surface area contributed by atoms with Crippen molar-refractivity contribution < 1.29 is 9.59 Å². The number of nitrogens with one attached hydrogen (secondary N) is 2. The Morgan fingerprint density at radius 1 is 1.35 bits per heavy atom. The first-order valence-electron chi connectivity index (χ1n) is 8.04. The number of halogens is 1. The molecule has 1 aromatic rings. The van der Waals surface area contributed by atoms with Gasteiger partial charge in [-0.3, -0.25) is 9.59 Å². The zero-order chi connectivity index (χ0) is 15.5.